The van der Waals surface area contributed by atoms with E-state index in [1.165, 1.54) is 17.8 Å². The molecule has 4 rings (SSSR count). The van der Waals surface area contributed by atoms with Crippen LogP contribution in [0.4, 0.5) is 0 Å². The number of ether oxygens (including phenoxy) is 1. The van der Waals surface area contributed by atoms with E-state index < -0.39 is 0 Å². The molecule has 7 nitrogen and oxygen atoms in total. The number of aromatic nitrogens is 2. The Morgan fingerprint density at radius 2 is 1.91 bits per heavy atom. The molecule has 0 unspecified atom stereocenters. The number of carbonyl (C=O) groups is 1. The maximum atomic E-state index is 13.2. The second-order valence-corrected chi connectivity index (χ2v) is 8.79. The number of thioether (sulfide) groups is 1. The van der Waals surface area contributed by atoms with Crippen LogP contribution in [0.2, 0.25) is 0 Å². The number of methoxy groups -OCH3 is 1. The number of benzene rings is 2. The summed E-state index contributed by atoms with van der Waals surface area (Å²) in [5.41, 5.74) is 4.49. The van der Waals surface area contributed by atoms with Crippen molar-refractivity contribution in [3.63, 3.8) is 0 Å². The lowest BCUT2D eigenvalue weighted by atomic mass is 9.97. The number of rotatable bonds is 7. The largest absolute Gasteiger partial charge is 0.497 e. The number of nitrogens with one attached hydrogen (secondary N) is 1. The number of aromatic amines is 1. The zero-order chi connectivity index (χ0) is 23.4. The molecule has 0 radical (unpaired) electrons. The van der Waals surface area contributed by atoms with Crippen LogP contribution in [0.3, 0.4) is 0 Å². The van der Waals surface area contributed by atoms with Crippen LogP contribution in [0.1, 0.15) is 41.8 Å². The zero-order valence-corrected chi connectivity index (χ0v) is 19.7. The first-order valence-electron chi connectivity index (χ1n) is 10.8. The minimum Gasteiger partial charge on any atom is -0.497 e. The van der Waals surface area contributed by atoms with Gasteiger partial charge in [0.25, 0.3) is 11.5 Å². The highest BCUT2D eigenvalue weighted by molar-refractivity contribution is 7.99. The van der Waals surface area contributed by atoms with Gasteiger partial charge in [0, 0.05) is 18.2 Å². The molecule has 0 spiro atoms. The Hall–Kier alpha value is -3.39. The predicted molar refractivity (Wildman–Crippen MR) is 130 cm³/mol. The lowest BCUT2D eigenvalue weighted by Crippen LogP contribution is -2.28. The number of carbonyl (C=O) groups excluding carboxylic acids is 1. The van der Waals surface area contributed by atoms with E-state index >= 15 is 0 Å². The molecule has 0 fully saturated rings. The van der Waals surface area contributed by atoms with Gasteiger partial charge in [0.05, 0.1) is 24.6 Å². The number of hydrogen-bond donors (Lipinski definition) is 1. The van der Waals surface area contributed by atoms with Gasteiger partial charge >= 0.3 is 0 Å². The predicted octanol–water partition coefficient (Wildman–Crippen LogP) is 4.12. The van der Waals surface area contributed by atoms with Crippen LogP contribution in [-0.2, 0) is 11.2 Å². The summed E-state index contributed by atoms with van der Waals surface area (Å²) in [6, 6.07) is 17.2. The quantitative estimate of drug-likeness (QED) is 0.422. The number of hydrazone groups is 1. The number of hydrogen-bond acceptors (Lipinski definition) is 6. The average Bonchev–Trinajstić information content (AvgIpc) is 3.28. The Kier molecular flexibility index (Phi) is 6.93. The van der Waals surface area contributed by atoms with Gasteiger partial charge in [-0.15, -0.1) is 0 Å². The van der Waals surface area contributed by atoms with Crippen LogP contribution in [0, 0.1) is 6.92 Å². The van der Waals surface area contributed by atoms with Gasteiger partial charge in [-0.2, -0.15) is 5.10 Å². The summed E-state index contributed by atoms with van der Waals surface area (Å²) in [5.74, 6) is 0.754. The Labute approximate surface area is 196 Å². The molecule has 8 heteroatoms. The van der Waals surface area contributed by atoms with Crippen molar-refractivity contribution in [2.24, 2.45) is 5.10 Å². The molecule has 1 aliphatic rings. The van der Waals surface area contributed by atoms with E-state index in [0.29, 0.717) is 23.7 Å². The maximum absolute atomic E-state index is 13.2. The Bertz CT molecular complexity index is 1220. The summed E-state index contributed by atoms with van der Waals surface area (Å²) in [6.45, 7) is 3.97. The minimum absolute atomic E-state index is 0.123. The molecule has 0 aliphatic carbocycles. The van der Waals surface area contributed by atoms with E-state index in [-0.39, 0.29) is 23.3 Å². The van der Waals surface area contributed by atoms with E-state index in [1.807, 2.05) is 62.4 Å². The third-order valence-electron chi connectivity index (χ3n) is 5.52. The molecular formula is C25H26N4O3S. The van der Waals surface area contributed by atoms with Crippen molar-refractivity contribution in [3.8, 4) is 5.75 Å². The van der Waals surface area contributed by atoms with Crippen LogP contribution in [0.5, 0.6) is 5.75 Å². The summed E-state index contributed by atoms with van der Waals surface area (Å²) in [6.07, 6.45) is 1.27. The Morgan fingerprint density at radius 1 is 1.18 bits per heavy atom. The molecule has 3 aromatic rings. The van der Waals surface area contributed by atoms with Crippen molar-refractivity contribution in [1.29, 1.82) is 0 Å². The molecule has 2 heterocycles. The smallest absolute Gasteiger partial charge is 0.253 e. The van der Waals surface area contributed by atoms with Gasteiger partial charge in [-0.05, 0) is 48.7 Å². The molecule has 1 aliphatic heterocycles. The van der Waals surface area contributed by atoms with Crippen molar-refractivity contribution >= 4 is 23.4 Å². The second kappa shape index (κ2) is 10.0. The van der Waals surface area contributed by atoms with Gasteiger partial charge in [-0.1, -0.05) is 48.5 Å². The van der Waals surface area contributed by atoms with Crippen LogP contribution in [0.15, 0.2) is 69.6 Å². The normalized spacial score (nSPS) is 15.4. The van der Waals surface area contributed by atoms with Gasteiger partial charge in [0.15, 0.2) is 5.16 Å². The second-order valence-electron chi connectivity index (χ2n) is 7.83. The van der Waals surface area contributed by atoms with Crippen molar-refractivity contribution < 1.29 is 9.53 Å². The van der Waals surface area contributed by atoms with Gasteiger partial charge in [-0.3, -0.25) is 9.59 Å². The van der Waals surface area contributed by atoms with Crippen molar-refractivity contribution in [1.82, 2.24) is 15.0 Å². The van der Waals surface area contributed by atoms with Crippen molar-refractivity contribution in [3.05, 3.63) is 87.3 Å². The first-order valence-corrected chi connectivity index (χ1v) is 11.8. The van der Waals surface area contributed by atoms with E-state index in [4.69, 9.17) is 9.84 Å². The molecule has 1 amide bonds. The summed E-state index contributed by atoms with van der Waals surface area (Å²) in [4.78, 5) is 32.2. The zero-order valence-electron chi connectivity index (χ0n) is 18.9. The van der Waals surface area contributed by atoms with Gasteiger partial charge < -0.3 is 9.72 Å². The van der Waals surface area contributed by atoms with Crippen molar-refractivity contribution in [2.45, 2.75) is 37.9 Å². The lowest BCUT2D eigenvalue weighted by Gasteiger charge is -2.22. The minimum atomic E-state index is -0.213. The summed E-state index contributed by atoms with van der Waals surface area (Å²) in [7, 11) is 1.63. The molecule has 1 aromatic heterocycles. The molecule has 0 bridgehead atoms. The monoisotopic (exact) mass is 462 g/mol. The fraction of sp³-hybridized carbons (Fsp3) is 0.280. The highest BCUT2D eigenvalue weighted by Gasteiger charge is 2.33. The number of nitrogens with zero attached hydrogens (tertiary/aromatic N) is 3. The first kappa shape index (κ1) is 22.8. The van der Waals surface area contributed by atoms with E-state index in [0.717, 1.165) is 28.2 Å². The molecule has 2 aromatic carbocycles. The van der Waals surface area contributed by atoms with Crippen LogP contribution < -0.4 is 10.3 Å². The third-order valence-corrected chi connectivity index (χ3v) is 6.38. The number of H-pyrrole nitrogens is 1. The lowest BCUT2D eigenvalue weighted by molar-refractivity contribution is -0.130. The van der Waals surface area contributed by atoms with E-state index in [2.05, 4.69) is 9.97 Å². The SMILES string of the molecule is CCc1cc(=O)[nH]c(SCC(=O)N2N=C(c3ccc(OC)cc3)C[C@@H]2c2ccc(C)cc2)n1. The topological polar surface area (TPSA) is 87.7 Å². The van der Waals surface area contributed by atoms with Crippen LogP contribution in [0.25, 0.3) is 0 Å². The highest BCUT2D eigenvalue weighted by atomic mass is 32.2. The molecular weight excluding hydrogens is 436 g/mol. The Balaban J connectivity index is 1.58. The Morgan fingerprint density at radius 3 is 2.58 bits per heavy atom. The molecule has 170 valence electrons. The summed E-state index contributed by atoms with van der Waals surface area (Å²) < 4.78 is 5.25. The van der Waals surface area contributed by atoms with Crippen molar-refractivity contribution in [2.75, 3.05) is 12.9 Å². The van der Waals surface area contributed by atoms with Crippen LogP contribution in [-0.4, -0.2) is 39.5 Å². The van der Waals surface area contributed by atoms with Gasteiger partial charge in [-0.25, -0.2) is 9.99 Å². The van der Waals surface area contributed by atoms with Gasteiger partial charge in [0.2, 0.25) is 0 Å². The average molecular weight is 463 g/mol. The molecule has 1 N–H and O–H groups in total. The highest BCUT2D eigenvalue weighted by Crippen LogP contribution is 2.34. The standard InChI is InChI=1S/C25H26N4O3S/c1-4-19-13-23(30)27-25(26-19)33-15-24(31)29-22(18-7-5-16(2)6-8-18)14-21(28-29)17-9-11-20(32-3)12-10-17/h5-13,22H,4,14-15H2,1-3H3,(H,26,27,30)/t22-/m1/s1. The summed E-state index contributed by atoms with van der Waals surface area (Å²) in [5, 5.41) is 6.72. The number of amides is 1. The van der Waals surface area contributed by atoms with Gasteiger partial charge in [0.1, 0.15) is 5.75 Å². The fourth-order valence-corrected chi connectivity index (χ4v) is 4.42. The molecule has 1 atom stereocenters. The molecule has 33 heavy (non-hydrogen) atoms. The summed E-state index contributed by atoms with van der Waals surface area (Å²) >= 11 is 1.22. The fourth-order valence-electron chi connectivity index (χ4n) is 3.68. The van der Waals surface area contributed by atoms with Crippen LogP contribution >= 0.6 is 11.8 Å². The van der Waals surface area contributed by atoms with E-state index in [1.54, 1.807) is 12.1 Å². The molecule has 0 saturated carbocycles. The third kappa shape index (κ3) is 5.34. The number of aryl methyl sites for hydroxylation is 2. The van der Waals surface area contributed by atoms with E-state index in [9.17, 15) is 9.59 Å². The first-order chi connectivity index (χ1) is 16.0. The molecule has 0 saturated heterocycles. The maximum Gasteiger partial charge on any atom is 0.253 e.